The Balaban J connectivity index is 1.98. The predicted molar refractivity (Wildman–Crippen MR) is 66.7 cm³/mol. The van der Waals surface area contributed by atoms with Crippen LogP contribution in [0.25, 0.3) is 0 Å². The topological polar surface area (TPSA) is 46.9 Å². The second-order valence-electron chi connectivity index (χ2n) is 4.05. The lowest BCUT2D eigenvalue weighted by molar-refractivity contribution is -0.115. The van der Waals surface area contributed by atoms with E-state index in [-0.39, 0.29) is 12.3 Å². The first-order chi connectivity index (χ1) is 8.15. The molecule has 0 aliphatic rings. The highest BCUT2D eigenvalue weighted by Crippen LogP contribution is 2.09. The van der Waals surface area contributed by atoms with Gasteiger partial charge in [-0.15, -0.1) is 0 Å². The van der Waals surface area contributed by atoms with E-state index in [9.17, 15) is 4.79 Å². The fourth-order valence-electron chi connectivity index (χ4n) is 1.55. The molecule has 0 atom stereocenters. The van der Waals surface area contributed by atoms with Gasteiger partial charge in [0.1, 0.15) is 5.82 Å². The van der Waals surface area contributed by atoms with Crippen LogP contribution in [0.2, 0.25) is 0 Å². The number of nitrogens with zero attached hydrogens (tertiary/aromatic N) is 2. The van der Waals surface area contributed by atoms with E-state index in [1.54, 1.807) is 6.20 Å². The van der Waals surface area contributed by atoms with Crippen LogP contribution in [0.5, 0.6) is 0 Å². The Morgan fingerprint density at radius 3 is 2.65 bits per heavy atom. The summed E-state index contributed by atoms with van der Waals surface area (Å²) in [6.07, 6.45) is 3.81. The molecule has 0 radical (unpaired) electrons. The molecule has 17 heavy (non-hydrogen) atoms. The van der Waals surface area contributed by atoms with Gasteiger partial charge in [-0.2, -0.15) is 0 Å². The average molecular weight is 229 g/mol. The number of aryl methyl sites for hydroxylation is 2. The Bertz CT molecular complexity index is 514. The molecule has 1 aromatic carbocycles. The summed E-state index contributed by atoms with van der Waals surface area (Å²) < 4.78 is 1.84. The number of hydrogen-bond donors (Lipinski definition) is 1. The third kappa shape index (κ3) is 2.93. The molecule has 1 aromatic heterocycles. The van der Waals surface area contributed by atoms with Crippen molar-refractivity contribution in [2.75, 3.05) is 5.32 Å². The highest BCUT2D eigenvalue weighted by molar-refractivity contribution is 5.91. The second-order valence-corrected chi connectivity index (χ2v) is 4.05. The van der Waals surface area contributed by atoms with Crippen molar-refractivity contribution in [3.05, 3.63) is 48.0 Å². The van der Waals surface area contributed by atoms with Crippen LogP contribution in [-0.4, -0.2) is 15.5 Å². The van der Waals surface area contributed by atoms with E-state index >= 15 is 0 Å². The number of aromatic nitrogens is 2. The van der Waals surface area contributed by atoms with E-state index in [0.717, 1.165) is 11.5 Å². The van der Waals surface area contributed by atoms with Gasteiger partial charge in [0, 0.05) is 25.1 Å². The predicted octanol–water partition coefficient (Wildman–Crippen LogP) is 1.91. The van der Waals surface area contributed by atoms with Crippen molar-refractivity contribution in [1.29, 1.82) is 0 Å². The van der Waals surface area contributed by atoms with Gasteiger partial charge >= 0.3 is 0 Å². The van der Waals surface area contributed by atoms with Crippen LogP contribution < -0.4 is 5.32 Å². The number of rotatable bonds is 3. The van der Waals surface area contributed by atoms with E-state index in [0.29, 0.717) is 0 Å². The molecule has 0 spiro atoms. The Morgan fingerprint density at radius 2 is 2.06 bits per heavy atom. The molecule has 0 saturated heterocycles. The smallest absolute Gasteiger partial charge is 0.231 e. The minimum Gasteiger partial charge on any atom is -0.338 e. The quantitative estimate of drug-likeness (QED) is 0.874. The molecule has 0 unspecified atom stereocenters. The van der Waals surface area contributed by atoms with Crippen LogP contribution in [0, 0.1) is 6.92 Å². The molecule has 2 rings (SSSR count). The Hall–Kier alpha value is -2.10. The Kier molecular flexibility index (Phi) is 3.23. The number of imidazole rings is 1. The number of hydrogen-bond acceptors (Lipinski definition) is 2. The SMILES string of the molecule is Cc1ccc(NC(=O)Cc2nccn2C)cc1. The first kappa shape index (κ1) is 11.4. The third-order valence-corrected chi connectivity index (χ3v) is 2.57. The van der Waals surface area contributed by atoms with Crippen molar-refractivity contribution < 1.29 is 4.79 Å². The zero-order chi connectivity index (χ0) is 12.3. The summed E-state index contributed by atoms with van der Waals surface area (Å²) in [5.41, 5.74) is 1.99. The Morgan fingerprint density at radius 1 is 1.35 bits per heavy atom. The molecule has 4 nitrogen and oxygen atoms in total. The lowest BCUT2D eigenvalue weighted by Crippen LogP contribution is -2.16. The third-order valence-electron chi connectivity index (χ3n) is 2.57. The second kappa shape index (κ2) is 4.82. The molecular formula is C13H15N3O. The van der Waals surface area contributed by atoms with Gasteiger partial charge < -0.3 is 9.88 Å². The standard InChI is InChI=1S/C13H15N3O/c1-10-3-5-11(6-4-10)15-13(17)9-12-14-7-8-16(12)2/h3-8H,9H2,1-2H3,(H,15,17). The van der Waals surface area contributed by atoms with Gasteiger partial charge in [-0.05, 0) is 19.1 Å². The van der Waals surface area contributed by atoms with Crippen molar-refractivity contribution in [3.63, 3.8) is 0 Å². The molecule has 0 bridgehead atoms. The summed E-state index contributed by atoms with van der Waals surface area (Å²) in [7, 11) is 1.88. The number of carbonyl (C=O) groups excluding carboxylic acids is 1. The number of carbonyl (C=O) groups is 1. The first-order valence-electron chi connectivity index (χ1n) is 5.48. The van der Waals surface area contributed by atoms with Crippen molar-refractivity contribution in [1.82, 2.24) is 9.55 Å². The van der Waals surface area contributed by atoms with E-state index in [4.69, 9.17) is 0 Å². The zero-order valence-corrected chi connectivity index (χ0v) is 9.97. The van der Waals surface area contributed by atoms with E-state index < -0.39 is 0 Å². The fourth-order valence-corrected chi connectivity index (χ4v) is 1.55. The first-order valence-corrected chi connectivity index (χ1v) is 5.48. The molecule has 1 N–H and O–H groups in total. The van der Waals surface area contributed by atoms with Gasteiger partial charge in [-0.1, -0.05) is 17.7 Å². The van der Waals surface area contributed by atoms with Gasteiger partial charge in [0.25, 0.3) is 0 Å². The Labute approximate surface area is 100 Å². The van der Waals surface area contributed by atoms with Gasteiger partial charge in [0.05, 0.1) is 6.42 Å². The van der Waals surface area contributed by atoms with E-state index in [1.807, 2.05) is 49.0 Å². The molecule has 2 aromatic rings. The van der Waals surface area contributed by atoms with Crippen LogP contribution in [0.1, 0.15) is 11.4 Å². The fraction of sp³-hybridized carbons (Fsp3) is 0.231. The van der Waals surface area contributed by atoms with Crippen molar-refractivity contribution in [2.45, 2.75) is 13.3 Å². The van der Waals surface area contributed by atoms with Crippen LogP contribution in [0.3, 0.4) is 0 Å². The van der Waals surface area contributed by atoms with Gasteiger partial charge in [0.2, 0.25) is 5.91 Å². The summed E-state index contributed by atoms with van der Waals surface area (Å²) in [6.45, 7) is 2.01. The maximum atomic E-state index is 11.8. The van der Waals surface area contributed by atoms with Gasteiger partial charge in [-0.3, -0.25) is 4.79 Å². The molecule has 0 saturated carbocycles. The summed E-state index contributed by atoms with van der Waals surface area (Å²) in [4.78, 5) is 15.9. The number of amides is 1. The van der Waals surface area contributed by atoms with Crippen molar-refractivity contribution >= 4 is 11.6 Å². The molecule has 1 amide bonds. The highest BCUT2D eigenvalue weighted by Gasteiger charge is 2.07. The van der Waals surface area contributed by atoms with Crippen molar-refractivity contribution in [2.24, 2.45) is 7.05 Å². The summed E-state index contributed by atoms with van der Waals surface area (Å²) >= 11 is 0. The molecule has 0 fully saturated rings. The molecule has 1 heterocycles. The number of benzene rings is 1. The lowest BCUT2D eigenvalue weighted by atomic mass is 10.2. The van der Waals surface area contributed by atoms with Crippen LogP contribution in [0.4, 0.5) is 5.69 Å². The summed E-state index contributed by atoms with van der Waals surface area (Å²) in [6, 6.07) is 7.73. The average Bonchev–Trinajstić information content (AvgIpc) is 2.68. The van der Waals surface area contributed by atoms with Gasteiger partial charge in [-0.25, -0.2) is 4.98 Å². The van der Waals surface area contributed by atoms with E-state index in [2.05, 4.69) is 10.3 Å². The minimum absolute atomic E-state index is 0.0526. The highest BCUT2D eigenvalue weighted by atomic mass is 16.1. The molecule has 0 aliphatic heterocycles. The molecule has 4 heteroatoms. The molecular weight excluding hydrogens is 214 g/mol. The van der Waals surface area contributed by atoms with E-state index in [1.165, 1.54) is 5.56 Å². The largest absolute Gasteiger partial charge is 0.338 e. The lowest BCUT2D eigenvalue weighted by Gasteiger charge is -2.05. The maximum absolute atomic E-state index is 11.8. The normalized spacial score (nSPS) is 10.2. The summed E-state index contributed by atoms with van der Waals surface area (Å²) in [5, 5.41) is 2.84. The number of anilines is 1. The zero-order valence-electron chi connectivity index (χ0n) is 9.97. The minimum atomic E-state index is -0.0526. The molecule has 88 valence electrons. The molecule has 0 aliphatic carbocycles. The van der Waals surface area contributed by atoms with Crippen molar-refractivity contribution in [3.8, 4) is 0 Å². The number of nitrogens with one attached hydrogen (secondary N) is 1. The van der Waals surface area contributed by atoms with Crippen LogP contribution >= 0.6 is 0 Å². The monoisotopic (exact) mass is 229 g/mol. The summed E-state index contributed by atoms with van der Waals surface area (Å²) in [5.74, 6) is 0.706. The van der Waals surface area contributed by atoms with Crippen LogP contribution in [0.15, 0.2) is 36.7 Å². The van der Waals surface area contributed by atoms with Crippen LogP contribution in [-0.2, 0) is 18.3 Å². The maximum Gasteiger partial charge on any atom is 0.231 e. The van der Waals surface area contributed by atoms with Gasteiger partial charge in [0.15, 0.2) is 0 Å².